The fourth-order valence-electron chi connectivity index (χ4n) is 5.78. The van der Waals surface area contributed by atoms with Gasteiger partial charge in [0.1, 0.15) is 0 Å². The van der Waals surface area contributed by atoms with E-state index < -0.39 is 0 Å². The molecule has 2 aromatic heterocycles. The van der Waals surface area contributed by atoms with E-state index >= 15 is 0 Å². The fraction of sp³-hybridized carbons (Fsp3) is 0.481. The van der Waals surface area contributed by atoms with Gasteiger partial charge in [0.05, 0.1) is 11.0 Å². The summed E-state index contributed by atoms with van der Waals surface area (Å²) in [6, 6.07) is 14.1. The van der Waals surface area contributed by atoms with Gasteiger partial charge in [0, 0.05) is 44.1 Å². The number of piperidine rings is 1. The number of benzene rings is 1. The van der Waals surface area contributed by atoms with Crippen LogP contribution in [0.2, 0.25) is 0 Å². The number of rotatable bonds is 5. The zero-order chi connectivity index (χ0) is 23.0. The second kappa shape index (κ2) is 8.62. The average Bonchev–Trinajstić information content (AvgIpc) is 3.58. The molecule has 7 heteroatoms. The van der Waals surface area contributed by atoms with Crippen molar-refractivity contribution in [2.45, 2.75) is 56.0 Å². The van der Waals surface area contributed by atoms with E-state index in [1.54, 1.807) is 12.4 Å². The Hall–Kier alpha value is -3.06. The molecule has 1 spiro atoms. The smallest absolute Gasteiger partial charge is 0.233 e. The van der Waals surface area contributed by atoms with Crippen LogP contribution in [-0.2, 0) is 21.4 Å². The predicted molar refractivity (Wildman–Crippen MR) is 126 cm³/mol. The lowest BCUT2D eigenvalue weighted by molar-refractivity contribution is -0.149. The van der Waals surface area contributed by atoms with Gasteiger partial charge in [-0.2, -0.15) is 4.98 Å². The van der Waals surface area contributed by atoms with Crippen LogP contribution in [0.4, 0.5) is 0 Å². The summed E-state index contributed by atoms with van der Waals surface area (Å²) >= 11 is 0. The molecule has 7 nitrogen and oxygen atoms in total. The third-order valence-corrected chi connectivity index (χ3v) is 7.89. The van der Waals surface area contributed by atoms with E-state index in [0.29, 0.717) is 23.5 Å². The highest BCUT2D eigenvalue weighted by atomic mass is 16.5. The molecule has 2 aliphatic heterocycles. The van der Waals surface area contributed by atoms with Crippen molar-refractivity contribution in [2.75, 3.05) is 19.7 Å². The molecule has 1 unspecified atom stereocenters. The number of hydrogen-bond acceptors (Lipinski definition) is 6. The molecule has 6 rings (SSSR count). The number of carbonyl (C=O) groups is 1. The summed E-state index contributed by atoms with van der Waals surface area (Å²) in [6.45, 7) is 2.29. The molecular formula is C27H30N4O3. The molecule has 3 fully saturated rings. The fourth-order valence-corrected chi connectivity index (χ4v) is 5.78. The van der Waals surface area contributed by atoms with Crippen LogP contribution in [0.15, 0.2) is 59.4 Å². The number of hydrogen-bond donors (Lipinski definition) is 0. The molecule has 34 heavy (non-hydrogen) atoms. The summed E-state index contributed by atoms with van der Waals surface area (Å²) in [5, 5.41) is 4.14. The Bertz CT molecular complexity index is 1130. The lowest BCUT2D eigenvalue weighted by Gasteiger charge is -2.46. The first-order chi connectivity index (χ1) is 16.7. The number of likely N-dealkylation sites (tertiary alicyclic amines) is 1. The number of pyridine rings is 1. The highest BCUT2D eigenvalue weighted by molar-refractivity contribution is 5.91. The zero-order valence-electron chi connectivity index (χ0n) is 19.4. The van der Waals surface area contributed by atoms with E-state index in [9.17, 15) is 4.79 Å². The van der Waals surface area contributed by atoms with Crippen LogP contribution >= 0.6 is 0 Å². The second-order valence-corrected chi connectivity index (χ2v) is 10.1. The van der Waals surface area contributed by atoms with E-state index in [4.69, 9.17) is 9.26 Å². The van der Waals surface area contributed by atoms with Gasteiger partial charge in [-0.1, -0.05) is 35.5 Å². The van der Waals surface area contributed by atoms with Crippen LogP contribution in [0.5, 0.6) is 0 Å². The molecule has 3 aromatic rings. The molecule has 176 valence electrons. The van der Waals surface area contributed by atoms with Gasteiger partial charge in [-0.3, -0.25) is 9.78 Å². The van der Waals surface area contributed by atoms with Crippen LogP contribution in [0.3, 0.4) is 0 Å². The molecule has 0 radical (unpaired) electrons. The quantitative estimate of drug-likeness (QED) is 0.570. The van der Waals surface area contributed by atoms with E-state index in [2.05, 4.69) is 32.2 Å². The number of amides is 1. The van der Waals surface area contributed by atoms with Crippen LogP contribution in [0, 0.1) is 5.92 Å². The predicted octanol–water partition coefficient (Wildman–Crippen LogP) is 4.19. The Labute approximate surface area is 199 Å². The molecule has 3 aliphatic rings. The molecule has 0 N–H and O–H groups in total. The maximum absolute atomic E-state index is 13.4. The average molecular weight is 459 g/mol. The minimum atomic E-state index is -0.286. The van der Waals surface area contributed by atoms with Crippen molar-refractivity contribution in [1.29, 1.82) is 0 Å². The number of nitrogens with zero attached hydrogens (tertiary/aromatic N) is 4. The highest BCUT2D eigenvalue weighted by Crippen LogP contribution is 2.50. The molecule has 2 saturated heterocycles. The second-order valence-electron chi connectivity index (χ2n) is 10.1. The lowest BCUT2D eigenvalue weighted by Crippen LogP contribution is -2.52. The van der Waals surface area contributed by atoms with Crippen molar-refractivity contribution in [1.82, 2.24) is 20.0 Å². The van der Waals surface area contributed by atoms with Crippen molar-refractivity contribution in [3.05, 3.63) is 66.3 Å². The normalized spacial score (nSPS) is 23.1. The van der Waals surface area contributed by atoms with Crippen LogP contribution < -0.4 is 0 Å². The molecular weight excluding hydrogens is 428 g/mol. The standard InChI is InChI=1S/C27H30N4O3/c32-25(27(9-10-27)22-6-2-1-3-7-22)31-14-11-26(12-15-31)18-20(8-16-33-26)17-23-29-24(30-34-23)21-5-4-13-28-19-21/h1-7,13,19-20H,8-12,14-18H2. The van der Waals surface area contributed by atoms with Gasteiger partial charge in [-0.05, 0) is 62.1 Å². The summed E-state index contributed by atoms with van der Waals surface area (Å²) in [5.74, 6) is 2.00. The molecule has 1 atom stereocenters. The van der Waals surface area contributed by atoms with Gasteiger partial charge in [0.2, 0.25) is 17.6 Å². The Morgan fingerprint density at radius 2 is 1.88 bits per heavy atom. The summed E-state index contributed by atoms with van der Waals surface area (Å²) in [7, 11) is 0. The summed E-state index contributed by atoms with van der Waals surface area (Å²) in [5.41, 5.74) is 1.60. The van der Waals surface area contributed by atoms with Crippen molar-refractivity contribution >= 4 is 5.91 Å². The van der Waals surface area contributed by atoms with Gasteiger partial charge in [-0.25, -0.2) is 0 Å². The Morgan fingerprint density at radius 3 is 2.62 bits per heavy atom. The van der Waals surface area contributed by atoms with E-state index in [0.717, 1.165) is 70.2 Å². The van der Waals surface area contributed by atoms with Gasteiger partial charge in [0.15, 0.2) is 0 Å². The summed E-state index contributed by atoms with van der Waals surface area (Å²) in [6.07, 6.45) is 9.92. The SMILES string of the molecule is O=C(N1CCC2(CC1)CC(Cc1nc(-c3cccnc3)no1)CCO2)C1(c2ccccc2)CC1. The van der Waals surface area contributed by atoms with Gasteiger partial charge in [0.25, 0.3) is 0 Å². The Balaban J connectivity index is 1.07. The van der Waals surface area contributed by atoms with Crippen molar-refractivity contribution in [3.8, 4) is 11.4 Å². The summed E-state index contributed by atoms with van der Waals surface area (Å²) < 4.78 is 11.9. The van der Waals surface area contributed by atoms with Gasteiger partial charge < -0.3 is 14.2 Å². The van der Waals surface area contributed by atoms with Crippen molar-refractivity contribution in [2.24, 2.45) is 5.92 Å². The topological polar surface area (TPSA) is 81.4 Å². The lowest BCUT2D eigenvalue weighted by atomic mass is 9.78. The van der Waals surface area contributed by atoms with Crippen molar-refractivity contribution in [3.63, 3.8) is 0 Å². The minimum Gasteiger partial charge on any atom is -0.375 e. The summed E-state index contributed by atoms with van der Waals surface area (Å²) in [4.78, 5) is 24.2. The number of carbonyl (C=O) groups excluding carboxylic acids is 1. The third-order valence-electron chi connectivity index (χ3n) is 7.89. The van der Waals surface area contributed by atoms with E-state index in [1.807, 2.05) is 30.3 Å². The Kier molecular flexibility index (Phi) is 5.44. The van der Waals surface area contributed by atoms with Crippen LogP contribution in [0.25, 0.3) is 11.4 Å². The van der Waals surface area contributed by atoms with Gasteiger partial charge in [-0.15, -0.1) is 0 Å². The van der Waals surface area contributed by atoms with Crippen molar-refractivity contribution < 1.29 is 14.1 Å². The zero-order valence-corrected chi connectivity index (χ0v) is 19.4. The van der Waals surface area contributed by atoms with Crippen LogP contribution in [0.1, 0.15) is 50.0 Å². The number of ether oxygens (including phenoxy) is 1. The molecule has 1 amide bonds. The first kappa shape index (κ1) is 21.5. The van der Waals surface area contributed by atoms with Crippen LogP contribution in [-0.4, -0.2) is 51.2 Å². The molecule has 1 saturated carbocycles. The van der Waals surface area contributed by atoms with E-state index in [-0.39, 0.29) is 11.0 Å². The first-order valence-electron chi connectivity index (χ1n) is 12.4. The number of aromatic nitrogens is 3. The maximum atomic E-state index is 13.4. The Morgan fingerprint density at radius 1 is 1.06 bits per heavy atom. The minimum absolute atomic E-state index is 0.143. The van der Waals surface area contributed by atoms with E-state index in [1.165, 1.54) is 5.56 Å². The molecule has 1 aliphatic carbocycles. The monoisotopic (exact) mass is 458 g/mol. The largest absolute Gasteiger partial charge is 0.375 e. The maximum Gasteiger partial charge on any atom is 0.233 e. The third kappa shape index (κ3) is 4.02. The molecule has 0 bridgehead atoms. The highest BCUT2D eigenvalue weighted by Gasteiger charge is 2.54. The first-order valence-corrected chi connectivity index (χ1v) is 12.4. The molecule has 4 heterocycles. The molecule has 1 aromatic carbocycles. The van der Waals surface area contributed by atoms with Gasteiger partial charge >= 0.3 is 0 Å².